The molecule has 2 aliphatic rings. The lowest BCUT2D eigenvalue weighted by Gasteiger charge is -2.28. The fraction of sp³-hybridized carbons (Fsp3) is 0.750. The Labute approximate surface area is 130 Å². The predicted octanol–water partition coefficient (Wildman–Crippen LogP) is 3.22. The van der Waals surface area contributed by atoms with Crippen LogP contribution in [0.25, 0.3) is 0 Å². The Hall–Kier alpha value is -0.940. The maximum atomic E-state index is 12.3. The van der Waals surface area contributed by atoms with E-state index in [0.717, 1.165) is 23.2 Å². The van der Waals surface area contributed by atoms with Crippen molar-refractivity contribution in [3.05, 3.63) is 10.6 Å². The fourth-order valence-corrected chi connectivity index (χ4v) is 3.91. The summed E-state index contributed by atoms with van der Waals surface area (Å²) >= 11 is 1.58. The molecule has 0 aliphatic heterocycles. The van der Waals surface area contributed by atoms with Crippen LogP contribution in [0.1, 0.15) is 50.1 Å². The van der Waals surface area contributed by atoms with Gasteiger partial charge in [-0.3, -0.25) is 9.69 Å². The third-order valence-electron chi connectivity index (χ3n) is 4.64. The van der Waals surface area contributed by atoms with Gasteiger partial charge in [0.2, 0.25) is 5.91 Å². The topological polar surface area (TPSA) is 45.2 Å². The molecule has 0 bridgehead atoms. The van der Waals surface area contributed by atoms with Gasteiger partial charge in [0.05, 0.1) is 12.2 Å². The van der Waals surface area contributed by atoms with E-state index in [1.807, 2.05) is 0 Å². The van der Waals surface area contributed by atoms with Crippen LogP contribution in [0.15, 0.2) is 0 Å². The highest BCUT2D eigenvalue weighted by Gasteiger charge is 2.39. The fourth-order valence-electron chi connectivity index (χ4n) is 3.00. The van der Waals surface area contributed by atoms with E-state index < -0.39 is 0 Å². The molecule has 4 nitrogen and oxygen atoms in total. The molecule has 0 saturated heterocycles. The van der Waals surface area contributed by atoms with Gasteiger partial charge in [0, 0.05) is 17.0 Å². The largest absolute Gasteiger partial charge is 0.301 e. The second-order valence-corrected chi connectivity index (χ2v) is 7.61. The smallest absolute Gasteiger partial charge is 0.240 e. The van der Waals surface area contributed by atoms with E-state index in [1.165, 1.54) is 30.6 Å². The minimum Gasteiger partial charge on any atom is -0.301 e. The number of hydrogen-bond donors (Lipinski definition) is 1. The molecule has 5 heteroatoms. The Kier molecular flexibility index (Phi) is 4.31. The molecule has 0 aromatic carbocycles. The zero-order valence-corrected chi connectivity index (χ0v) is 14.0. The minimum absolute atomic E-state index is 0.0887. The quantitative estimate of drug-likeness (QED) is 0.841. The van der Waals surface area contributed by atoms with Gasteiger partial charge in [-0.2, -0.15) is 0 Å². The number of amides is 1. The van der Waals surface area contributed by atoms with Crippen molar-refractivity contribution in [3.8, 4) is 0 Å². The third kappa shape index (κ3) is 3.64. The van der Waals surface area contributed by atoms with Crippen LogP contribution in [0.2, 0.25) is 0 Å². The number of carbonyl (C=O) groups is 1. The van der Waals surface area contributed by atoms with Crippen LogP contribution in [0.3, 0.4) is 0 Å². The van der Waals surface area contributed by atoms with Crippen molar-refractivity contribution in [2.75, 3.05) is 11.9 Å². The van der Waals surface area contributed by atoms with E-state index >= 15 is 0 Å². The maximum Gasteiger partial charge on any atom is 0.240 e. The van der Waals surface area contributed by atoms with Crippen LogP contribution < -0.4 is 5.32 Å². The minimum atomic E-state index is 0.0887. The van der Waals surface area contributed by atoms with Gasteiger partial charge in [-0.25, -0.2) is 4.98 Å². The van der Waals surface area contributed by atoms with Gasteiger partial charge in [-0.1, -0.05) is 6.92 Å². The van der Waals surface area contributed by atoms with Crippen molar-refractivity contribution >= 4 is 22.4 Å². The molecule has 1 atom stereocenters. The lowest BCUT2D eigenvalue weighted by Crippen LogP contribution is -2.42. The first-order valence-corrected chi connectivity index (χ1v) is 8.92. The van der Waals surface area contributed by atoms with Crippen LogP contribution in [0, 0.1) is 12.8 Å². The summed E-state index contributed by atoms with van der Waals surface area (Å²) in [5.74, 6) is 0.901. The van der Waals surface area contributed by atoms with Gasteiger partial charge in [-0.05, 0) is 51.9 Å². The summed E-state index contributed by atoms with van der Waals surface area (Å²) in [4.78, 5) is 20.4. The first kappa shape index (κ1) is 15.0. The molecule has 1 heterocycles. The van der Waals surface area contributed by atoms with E-state index in [2.05, 4.69) is 36.0 Å². The van der Waals surface area contributed by atoms with Crippen molar-refractivity contribution in [1.82, 2.24) is 9.88 Å². The normalized spacial score (nSPS) is 19.8. The zero-order valence-electron chi connectivity index (χ0n) is 13.2. The van der Waals surface area contributed by atoms with E-state index in [4.69, 9.17) is 0 Å². The molecular formula is C16H25N3OS. The van der Waals surface area contributed by atoms with Gasteiger partial charge >= 0.3 is 0 Å². The second-order valence-electron chi connectivity index (χ2n) is 6.41. The molecule has 116 valence electrons. The number of nitrogens with zero attached hydrogens (tertiary/aromatic N) is 2. The second kappa shape index (κ2) is 6.05. The van der Waals surface area contributed by atoms with E-state index in [9.17, 15) is 4.79 Å². The summed E-state index contributed by atoms with van der Waals surface area (Å²) in [7, 11) is 0. The Morgan fingerprint density at radius 2 is 2.14 bits per heavy atom. The first-order chi connectivity index (χ1) is 10.1. The van der Waals surface area contributed by atoms with Crippen LogP contribution in [0.4, 0.5) is 5.13 Å². The molecule has 3 rings (SSSR count). The van der Waals surface area contributed by atoms with Crippen molar-refractivity contribution in [3.63, 3.8) is 0 Å². The highest BCUT2D eigenvalue weighted by Crippen LogP contribution is 2.39. The molecule has 2 aliphatic carbocycles. The Morgan fingerprint density at radius 1 is 1.43 bits per heavy atom. The predicted molar refractivity (Wildman–Crippen MR) is 86.8 cm³/mol. The van der Waals surface area contributed by atoms with Crippen molar-refractivity contribution in [1.29, 1.82) is 0 Å². The van der Waals surface area contributed by atoms with Gasteiger partial charge in [-0.15, -0.1) is 11.3 Å². The van der Waals surface area contributed by atoms with Crippen LogP contribution in [-0.2, 0) is 11.2 Å². The SMILES string of the molecule is CCc1nc(NC(=O)CN(C2CC2)C(C)C2CC2)sc1C. The molecule has 1 aromatic rings. The average Bonchev–Trinajstić information content (AvgIpc) is 3.34. The average molecular weight is 307 g/mol. The molecule has 2 fully saturated rings. The number of carbonyl (C=O) groups excluding carboxylic acids is 1. The maximum absolute atomic E-state index is 12.3. The van der Waals surface area contributed by atoms with Crippen LogP contribution in [-0.4, -0.2) is 34.4 Å². The van der Waals surface area contributed by atoms with E-state index in [1.54, 1.807) is 11.3 Å². The number of hydrogen-bond acceptors (Lipinski definition) is 4. The molecule has 21 heavy (non-hydrogen) atoms. The standard InChI is InChI=1S/C16H25N3OS/c1-4-14-11(3)21-16(17-14)18-15(20)9-19(13-7-8-13)10(2)12-5-6-12/h10,12-13H,4-9H2,1-3H3,(H,17,18,20). The van der Waals surface area contributed by atoms with Gasteiger partial charge < -0.3 is 5.32 Å². The number of aryl methyl sites for hydroxylation is 2. The van der Waals surface area contributed by atoms with Crippen LogP contribution in [0.5, 0.6) is 0 Å². The highest BCUT2D eigenvalue weighted by molar-refractivity contribution is 7.15. The monoisotopic (exact) mass is 307 g/mol. The first-order valence-electron chi connectivity index (χ1n) is 8.10. The molecule has 0 radical (unpaired) electrons. The molecule has 2 saturated carbocycles. The number of rotatable bonds is 7. The van der Waals surface area contributed by atoms with Gasteiger partial charge in [0.1, 0.15) is 0 Å². The molecule has 1 amide bonds. The zero-order chi connectivity index (χ0) is 15.0. The summed E-state index contributed by atoms with van der Waals surface area (Å²) < 4.78 is 0. The molecule has 1 aromatic heterocycles. The van der Waals surface area contributed by atoms with E-state index in [-0.39, 0.29) is 5.91 Å². The number of aromatic nitrogens is 1. The van der Waals surface area contributed by atoms with Crippen molar-refractivity contribution < 1.29 is 4.79 Å². The van der Waals surface area contributed by atoms with Crippen LogP contribution >= 0.6 is 11.3 Å². The lowest BCUT2D eigenvalue weighted by molar-refractivity contribution is -0.118. The summed E-state index contributed by atoms with van der Waals surface area (Å²) in [6, 6.07) is 1.18. The summed E-state index contributed by atoms with van der Waals surface area (Å²) in [6.07, 6.45) is 6.08. The Balaban J connectivity index is 1.58. The van der Waals surface area contributed by atoms with Crippen molar-refractivity contribution in [2.24, 2.45) is 5.92 Å². The van der Waals surface area contributed by atoms with E-state index in [0.29, 0.717) is 18.6 Å². The lowest BCUT2D eigenvalue weighted by atomic mass is 10.2. The summed E-state index contributed by atoms with van der Waals surface area (Å²) in [6.45, 7) is 6.96. The van der Waals surface area contributed by atoms with Gasteiger partial charge in [0.25, 0.3) is 0 Å². The highest BCUT2D eigenvalue weighted by atomic mass is 32.1. The molecule has 1 N–H and O–H groups in total. The number of thiazole rings is 1. The Morgan fingerprint density at radius 3 is 2.67 bits per heavy atom. The number of anilines is 1. The number of nitrogens with one attached hydrogen (secondary N) is 1. The third-order valence-corrected chi connectivity index (χ3v) is 5.57. The molecular weight excluding hydrogens is 282 g/mol. The summed E-state index contributed by atoms with van der Waals surface area (Å²) in [5.41, 5.74) is 1.10. The van der Waals surface area contributed by atoms with Gasteiger partial charge in [0.15, 0.2) is 5.13 Å². The summed E-state index contributed by atoms with van der Waals surface area (Å²) in [5, 5.41) is 3.75. The molecule has 0 spiro atoms. The molecule has 1 unspecified atom stereocenters. The van der Waals surface area contributed by atoms with Crippen molar-refractivity contribution in [2.45, 2.75) is 65.0 Å². The Bertz CT molecular complexity index is 520.